The molecule has 4 nitrogen and oxygen atoms in total. The number of carbonyl (C=O) groups is 1. The van der Waals surface area contributed by atoms with Gasteiger partial charge in [0, 0.05) is 11.9 Å². The monoisotopic (exact) mass is 321 g/mol. The average molecular weight is 321 g/mol. The Balaban J connectivity index is 2.08. The second-order valence-electron chi connectivity index (χ2n) is 6.37. The van der Waals surface area contributed by atoms with Crippen LogP contribution >= 0.6 is 0 Å². The number of amides is 1. The molecule has 1 aromatic carbocycles. The highest BCUT2D eigenvalue weighted by molar-refractivity contribution is 6.05. The van der Waals surface area contributed by atoms with Gasteiger partial charge in [-0.2, -0.15) is 0 Å². The van der Waals surface area contributed by atoms with Crippen molar-refractivity contribution in [1.82, 2.24) is 9.38 Å². The van der Waals surface area contributed by atoms with Gasteiger partial charge < -0.3 is 5.32 Å². The topological polar surface area (TPSA) is 46.4 Å². The van der Waals surface area contributed by atoms with Crippen molar-refractivity contribution in [2.75, 3.05) is 5.32 Å². The summed E-state index contributed by atoms with van der Waals surface area (Å²) in [7, 11) is 0. The second-order valence-corrected chi connectivity index (χ2v) is 6.37. The molecule has 0 aliphatic heterocycles. The van der Waals surface area contributed by atoms with E-state index < -0.39 is 0 Å². The van der Waals surface area contributed by atoms with E-state index in [0.717, 1.165) is 40.1 Å². The third-order valence-electron chi connectivity index (χ3n) is 4.38. The van der Waals surface area contributed by atoms with E-state index in [2.05, 4.69) is 29.4 Å². The van der Waals surface area contributed by atoms with Gasteiger partial charge in [0.05, 0.1) is 5.69 Å². The number of nitrogens with zero attached hydrogens (tertiary/aromatic N) is 2. The van der Waals surface area contributed by atoms with Gasteiger partial charge in [-0.05, 0) is 56.9 Å². The second kappa shape index (κ2) is 6.11. The Kier molecular flexibility index (Phi) is 4.14. The number of aryl methyl sites for hydroxylation is 5. The first-order valence-electron chi connectivity index (χ1n) is 8.28. The van der Waals surface area contributed by atoms with Crippen LogP contribution in [0.1, 0.15) is 45.4 Å². The normalized spacial score (nSPS) is 11.0. The van der Waals surface area contributed by atoms with E-state index >= 15 is 0 Å². The highest BCUT2D eigenvalue weighted by Gasteiger charge is 2.20. The minimum absolute atomic E-state index is 0.111. The molecule has 0 bridgehead atoms. The summed E-state index contributed by atoms with van der Waals surface area (Å²) in [4.78, 5) is 17.7. The predicted octanol–water partition coefficient (Wildman–Crippen LogP) is 4.38. The fourth-order valence-electron chi connectivity index (χ4n) is 3.29. The highest BCUT2D eigenvalue weighted by Crippen LogP contribution is 2.24. The van der Waals surface area contributed by atoms with Crippen molar-refractivity contribution in [2.45, 2.75) is 41.0 Å². The molecule has 3 rings (SSSR count). The number of benzene rings is 1. The maximum Gasteiger partial charge on any atom is 0.274 e. The van der Waals surface area contributed by atoms with Crippen LogP contribution in [0.2, 0.25) is 0 Å². The van der Waals surface area contributed by atoms with E-state index in [-0.39, 0.29) is 5.91 Å². The van der Waals surface area contributed by atoms with Crippen molar-refractivity contribution in [2.24, 2.45) is 0 Å². The first-order valence-corrected chi connectivity index (χ1v) is 8.28. The number of pyridine rings is 1. The van der Waals surface area contributed by atoms with Crippen molar-refractivity contribution in [3.05, 3.63) is 64.1 Å². The molecule has 0 spiro atoms. The van der Waals surface area contributed by atoms with Crippen LogP contribution < -0.4 is 5.32 Å². The molecular weight excluding hydrogens is 298 g/mol. The van der Waals surface area contributed by atoms with E-state index in [1.165, 1.54) is 5.56 Å². The van der Waals surface area contributed by atoms with Crippen molar-refractivity contribution in [3.8, 4) is 0 Å². The third-order valence-corrected chi connectivity index (χ3v) is 4.38. The SMILES string of the molecule is CCc1nc2c(C)cccn2c1C(=O)Nc1c(C)cc(C)cc1C. The maximum absolute atomic E-state index is 13.0. The quantitative estimate of drug-likeness (QED) is 0.778. The number of anilines is 1. The number of nitrogens with one attached hydrogen (secondary N) is 1. The molecule has 0 radical (unpaired) electrons. The average Bonchev–Trinajstić information content (AvgIpc) is 2.90. The lowest BCUT2D eigenvalue weighted by Gasteiger charge is -2.13. The zero-order valence-corrected chi connectivity index (χ0v) is 14.9. The first kappa shape index (κ1) is 16.2. The number of aromatic nitrogens is 2. The Labute approximate surface area is 142 Å². The Hall–Kier alpha value is -2.62. The van der Waals surface area contributed by atoms with Crippen LogP contribution in [0, 0.1) is 27.7 Å². The lowest BCUT2D eigenvalue weighted by atomic mass is 10.0. The summed E-state index contributed by atoms with van der Waals surface area (Å²) in [5.41, 5.74) is 7.58. The summed E-state index contributed by atoms with van der Waals surface area (Å²) in [5, 5.41) is 3.09. The van der Waals surface area contributed by atoms with Gasteiger partial charge in [0.1, 0.15) is 11.3 Å². The smallest absolute Gasteiger partial charge is 0.274 e. The molecule has 0 saturated heterocycles. The number of hydrogen-bond acceptors (Lipinski definition) is 2. The molecule has 3 aromatic rings. The van der Waals surface area contributed by atoms with Crippen LogP contribution in [0.15, 0.2) is 30.5 Å². The van der Waals surface area contributed by atoms with Crippen LogP contribution in [-0.4, -0.2) is 15.3 Å². The number of fused-ring (bicyclic) bond motifs is 1. The van der Waals surface area contributed by atoms with Gasteiger partial charge in [0.15, 0.2) is 0 Å². The molecule has 24 heavy (non-hydrogen) atoms. The van der Waals surface area contributed by atoms with Gasteiger partial charge >= 0.3 is 0 Å². The van der Waals surface area contributed by atoms with E-state index in [0.29, 0.717) is 5.69 Å². The number of carbonyl (C=O) groups excluding carboxylic acids is 1. The van der Waals surface area contributed by atoms with Crippen LogP contribution in [-0.2, 0) is 6.42 Å². The summed E-state index contributed by atoms with van der Waals surface area (Å²) in [5.74, 6) is -0.111. The minimum atomic E-state index is -0.111. The van der Waals surface area contributed by atoms with Crippen molar-refractivity contribution in [1.29, 1.82) is 0 Å². The molecule has 2 heterocycles. The van der Waals surface area contributed by atoms with Gasteiger partial charge in [0.2, 0.25) is 0 Å². The summed E-state index contributed by atoms with van der Waals surface area (Å²) in [6.07, 6.45) is 2.62. The molecule has 0 saturated carbocycles. The number of imidazole rings is 1. The number of rotatable bonds is 3. The lowest BCUT2D eigenvalue weighted by Crippen LogP contribution is -2.17. The first-order chi connectivity index (χ1) is 11.4. The molecule has 0 fully saturated rings. The Bertz CT molecular complexity index is 914. The molecule has 124 valence electrons. The van der Waals surface area contributed by atoms with Gasteiger partial charge in [-0.25, -0.2) is 4.98 Å². The summed E-state index contributed by atoms with van der Waals surface area (Å²) < 4.78 is 1.89. The third kappa shape index (κ3) is 2.68. The Morgan fingerprint density at radius 3 is 2.42 bits per heavy atom. The molecule has 4 heteroatoms. The summed E-state index contributed by atoms with van der Waals surface area (Å²) >= 11 is 0. The largest absolute Gasteiger partial charge is 0.320 e. The maximum atomic E-state index is 13.0. The molecular formula is C20H23N3O. The van der Waals surface area contributed by atoms with Crippen LogP contribution in [0.25, 0.3) is 5.65 Å². The molecule has 2 aromatic heterocycles. The number of hydrogen-bond donors (Lipinski definition) is 1. The van der Waals surface area contributed by atoms with Crippen molar-refractivity contribution >= 4 is 17.2 Å². The van der Waals surface area contributed by atoms with Gasteiger partial charge in [-0.3, -0.25) is 9.20 Å². The molecule has 0 unspecified atom stereocenters. The Morgan fingerprint density at radius 2 is 1.79 bits per heavy atom. The zero-order chi connectivity index (χ0) is 17.4. The fraction of sp³-hybridized carbons (Fsp3) is 0.300. The van der Waals surface area contributed by atoms with Gasteiger partial charge in [0.25, 0.3) is 5.91 Å². The zero-order valence-electron chi connectivity index (χ0n) is 14.9. The van der Waals surface area contributed by atoms with Crippen molar-refractivity contribution in [3.63, 3.8) is 0 Å². The van der Waals surface area contributed by atoms with E-state index in [9.17, 15) is 4.79 Å². The van der Waals surface area contributed by atoms with Crippen LogP contribution in [0.4, 0.5) is 5.69 Å². The molecule has 1 amide bonds. The summed E-state index contributed by atoms with van der Waals surface area (Å²) in [6, 6.07) is 8.13. The predicted molar refractivity (Wildman–Crippen MR) is 97.9 cm³/mol. The van der Waals surface area contributed by atoms with Crippen LogP contribution in [0.3, 0.4) is 0 Å². The van der Waals surface area contributed by atoms with E-state index in [4.69, 9.17) is 0 Å². The minimum Gasteiger partial charge on any atom is -0.320 e. The standard InChI is InChI=1S/C20H23N3O/c1-6-16-18(23-9-7-8-13(3)19(23)21-16)20(24)22-17-14(4)10-12(2)11-15(17)5/h7-11H,6H2,1-5H3,(H,22,24). The van der Waals surface area contributed by atoms with Gasteiger partial charge in [-0.1, -0.05) is 30.7 Å². The van der Waals surface area contributed by atoms with E-state index in [1.54, 1.807) is 0 Å². The molecule has 0 aliphatic rings. The molecule has 1 N–H and O–H groups in total. The molecule has 0 aliphatic carbocycles. The van der Waals surface area contributed by atoms with Crippen LogP contribution in [0.5, 0.6) is 0 Å². The van der Waals surface area contributed by atoms with E-state index in [1.807, 2.05) is 50.4 Å². The summed E-state index contributed by atoms with van der Waals surface area (Å²) in [6.45, 7) is 10.1. The Morgan fingerprint density at radius 1 is 1.12 bits per heavy atom. The van der Waals surface area contributed by atoms with Crippen molar-refractivity contribution < 1.29 is 4.79 Å². The highest BCUT2D eigenvalue weighted by atomic mass is 16.2. The lowest BCUT2D eigenvalue weighted by molar-refractivity contribution is 0.102. The fourth-order valence-corrected chi connectivity index (χ4v) is 3.29. The van der Waals surface area contributed by atoms with Gasteiger partial charge in [-0.15, -0.1) is 0 Å². The molecule has 0 atom stereocenters.